The van der Waals surface area contributed by atoms with Crippen molar-refractivity contribution in [2.75, 3.05) is 6.79 Å². The first-order valence-corrected chi connectivity index (χ1v) is 6.25. The van der Waals surface area contributed by atoms with Crippen LogP contribution in [0.3, 0.4) is 0 Å². The van der Waals surface area contributed by atoms with Crippen LogP contribution in [0.2, 0.25) is 0 Å². The number of fused-ring (bicyclic) bond motifs is 2. The Morgan fingerprint density at radius 1 is 1.29 bits per heavy atom. The molecule has 0 saturated carbocycles. The van der Waals surface area contributed by atoms with Crippen LogP contribution in [-0.4, -0.2) is 16.3 Å². The number of benzene rings is 1. The molecule has 21 heavy (non-hydrogen) atoms. The molecule has 3 rings (SSSR count). The van der Waals surface area contributed by atoms with E-state index >= 15 is 0 Å². The van der Waals surface area contributed by atoms with Crippen molar-refractivity contribution < 1.29 is 22.6 Å². The highest BCUT2D eigenvalue weighted by Gasteiger charge is 2.38. The molecule has 0 radical (unpaired) electrons. The summed E-state index contributed by atoms with van der Waals surface area (Å²) in [5.74, 6) is -0.185. The maximum atomic E-state index is 13.1. The second-order valence-electron chi connectivity index (χ2n) is 4.54. The molecule has 0 unspecified atom stereocenters. The molecule has 110 valence electrons. The van der Waals surface area contributed by atoms with Gasteiger partial charge in [-0.15, -0.1) is 0 Å². The fraction of sp³-hybridized carbons (Fsp3) is 0.385. The molecule has 0 spiro atoms. The quantitative estimate of drug-likeness (QED) is 0.817. The highest BCUT2D eigenvalue weighted by atomic mass is 19.4. The Labute approximate surface area is 117 Å². The van der Waals surface area contributed by atoms with Crippen LogP contribution < -0.4 is 9.47 Å². The first-order valence-electron chi connectivity index (χ1n) is 6.25. The molecule has 2 heterocycles. The lowest BCUT2D eigenvalue weighted by Crippen LogP contribution is -2.15. The van der Waals surface area contributed by atoms with Gasteiger partial charge in [0.25, 0.3) is 0 Å². The van der Waals surface area contributed by atoms with Crippen LogP contribution in [0.4, 0.5) is 13.2 Å². The third kappa shape index (κ3) is 2.35. The van der Waals surface area contributed by atoms with Crippen LogP contribution in [0.25, 0.3) is 11.0 Å². The van der Waals surface area contributed by atoms with Crippen molar-refractivity contribution in [3.05, 3.63) is 18.0 Å². The number of unbranched alkanes of at least 4 members (excludes halogenated alkanes) is 1. The highest BCUT2D eigenvalue weighted by Crippen LogP contribution is 2.38. The zero-order valence-electron chi connectivity index (χ0n) is 10.8. The molecular formula is C13H10F3N3O2. The summed E-state index contributed by atoms with van der Waals surface area (Å²) in [6.07, 6.45) is -4.06. The van der Waals surface area contributed by atoms with E-state index in [1.165, 1.54) is 12.1 Å². The number of aromatic nitrogens is 2. The van der Waals surface area contributed by atoms with Gasteiger partial charge in [0.2, 0.25) is 12.6 Å². The van der Waals surface area contributed by atoms with Gasteiger partial charge in [-0.25, -0.2) is 4.98 Å². The fourth-order valence-electron chi connectivity index (χ4n) is 2.27. The number of aryl methyl sites for hydroxylation is 1. The Hall–Kier alpha value is -2.43. The maximum absolute atomic E-state index is 13.1. The number of hydrogen-bond donors (Lipinski definition) is 0. The van der Waals surface area contributed by atoms with E-state index in [4.69, 9.17) is 14.7 Å². The Morgan fingerprint density at radius 3 is 2.67 bits per heavy atom. The van der Waals surface area contributed by atoms with E-state index < -0.39 is 12.0 Å². The van der Waals surface area contributed by atoms with E-state index in [0.717, 1.165) is 4.57 Å². The van der Waals surface area contributed by atoms with E-state index in [9.17, 15) is 13.2 Å². The van der Waals surface area contributed by atoms with Crippen molar-refractivity contribution in [3.8, 4) is 17.6 Å². The van der Waals surface area contributed by atoms with Crippen molar-refractivity contribution in [1.29, 1.82) is 5.26 Å². The topological polar surface area (TPSA) is 60.1 Å². The number of hydrogen-bond acceptors (Lipinski definition) is 4. The predicted molar refractivity (Wildman–Crippen MR) is 65.7 cm³/mol. The van der Waals surface area contributed by atoms with Crippen LogP contribution >= 0.6 is 0 Å². The van der Waals surface area contributed by atoms with Gasteiger partial charge in [-0.2, -0.15) is 18.4 Å². The van der Waals surface area contributed by atoms with Crippen molar-refractivity contribution in [3.63, 3.8) is 0 Å². The Kier molecular flexibility index (Phi) is 3.12. The smallest absolute Gasteiger partial charge is 0.449 e. The van der Waals surface area contributed by atoms with Crippen LogP contribution in [-0.2, 0) is 12.7 Å². The summed E-state index contributed by atoms with van der Waals surface area (Å²) in [6, 6.07) is 4.85. The van der Waals surface area contributed by atoms with Crippen molar-refractivity contribution in [2.24, 2.45) is 0 Å². The molecule has 0 bridgehead atoms. The minimum atomic E-state index is -4.56. The SMILES string of the molecule is N#CCCCn1c(C(F)(F)F)nc2cc3c(cc21)OCO3. The first-order chi connectivity index (χ1) is 10.0. The van der Waals surface area contributed by atoms with E-state index in [2.05, 4.69) is 4.98 Å². The Balaban J connectivity index is 2.12. The standard InChI is InChI=1S/C13H10F3N3O2/c14-13(15,16)12-18-8-5-10-11(21-7-20-10)6-9(8)19(12)4-2-1-3-17/h5-6H,1-2,4,7H2. The summed E-state index contributed by atoms with van der Waals surface area (Å²) in [7, 11) is 0. The Morgan fingerprint density at radius 2 is 2.00 bits per heavy atom. The number of ether oxygens (including phenoxy) is 2. The molecule has 2 aromatic rings. The van der Waals surface area contributed by atoms with Crippen LogP contribution in [0.1, 0.15) is 18.7 Å². The fourth-order valence-corrected chi connectivity index (χ4v) is 2.27. The van der Waals surface area contributed by atoms with Gasteiger partial charge >= 0.3 is 6.18 Å². The van der Waals surface area contributed by atoms with Gasteiger partial charge < -0.3 is 14.0 Å². The molecule has 0 aliphatic carbocycles. The molecule has 1 aliphatic heterocycles. The largest absolute Gasteiger partial charge is 0.454 e. The van der Waals surface area contributed by atoms with Gasteiger partial charge in [0.15, 0.2) is 11.5 Å². The second kappa shape index (κ2) is 4.84. The summed E-state index contributed by atoms with van der Waals surface area (Å²) in [4.78, 5) is 3.66. The lowest BCUT2D eigenvalue weighted by Gasteiger charge is -2.10. The zero-order chi connectivity index (χ0) is 15.0. The molecule has 0 amide bonds. The van der Waals surface area contributed by atoms with Crippen molar-refractivity contribution >= 4 is 11.0 Å². The molecule has 1 aliphatic rings. The van der Waals surface area contributed by atoms with E-state index in [1.807, 2.05) is 6.07 Å². The molecule has 0 atom stereocenters. The zero-order valence-corrected chi connectivity index (χ0v) is 10.8. The lowest BCUT2D eigenvalue weighted by molar-refractivity contribution is -0.146. The number of halogens is 3. The highest BCUT2D eigenvalue weighted by molar-refractivity contribution is 5.81. The molecule has 0 saturated heterocycles. The maximum Gasteiger partial charge on any atom is 0.449 e. The number of alkyl halides is 3. The average Bonchev–Trinajstić information content (AvgIpc) is 3.00. The van der Waals surface area contributed by atoms with E-state index in [1.54, 1.807) is 0 Å². The van der Waals surface area contributed by atoms with Gasteiger partial charge in [0, 0.05) is 25.1 Å². The van der Waals surface area contributed by atoms with E-state index in [0.29, 0.717) is 23.4 Å². The van der Waals surface area contributed by atoms with Crippen LogP contribution in [0, 0.1) is 11.3 Å². The van der Waals surface area contributed by atoms with Crippen molar-refractivity contribution in [2.45, 2.75) is 25.6 Å². The number of imidazole rings is 1. The summed E-state index contributed by atoms with van der Waals surface area (Å²) in [6.45, 7) is 0.112. The van der Waals surface area contributed by atoms with Gasteiger partial charge in [0.1, 0.15) is 0 Å². The normalized spacial score (nSPS) is 13.6. The second-order valence-corrected chi connectivity index (χ2v) is 4.54. The van der Waals surface area contributed by atoms with Gasteiger partial charge in [-0.1, -0.05) is 0 Å². The van der Waals surface area contributed by atoms with Gasteiger partial charge in [0.05, 0.1) is 17.1 Å². The van der Waals surface area contributed by atoms with Crippen molar-refractivity contribution in [1.82, 2.24) is 9.55 Å². The molecule has 8 heteroatoms. The van der Waals surface area contributed by atoms with Gasteiger partial charge in [-0.3, -0.25) is 0 Å². The molecule has 0 N–H and O–H groups in total. The monoisotopic (exact) mass is 297 g/mol. The molecule has 0 fully saturated rings. The van der Waals surface area contributed by atoms with Gasteiger partial charge in [-0.05, 0) is 6.42 Å². The molecule has 5 nitrogen and oxygen atoms in total. The average molecular weight is 297 g/mol. The third-order valence-corrected chi connectivity index (χ3v) is 3.17. The Bertz CT molecular complexity index is 731. The van der Waals surface area contributed by atoms with Crippen LogP contribution in [0.15, 0.2) is 12.1 Å². The van der Waals surface area contributed by atoms with Crippen LogP contribution in [0.5, 0.6) is 11.5 Å². The molecular weight excluding hydrogens is 287 g/mol. The van der Waals surface area contributed by atoms with E-state index in [-0.39, 0.29) is 25.3 Å². The number of nitrogens with zero attached hydrogens (tertiary/aromatic N) is 3. The predicted octanol–water partition coefficient (Wildman–Crippen LogP) is 3.09. The summed E-state index contributed by atoms with van der Waals surface area (Å²) in [5.41, 5.74) is 0.521. The molecule has 1 aromatic heterocycles. The number of nitriles is 1. The summed E-state index contributed by atoms with van der Waals surface area (Å²) in [5, 5.41) is 8.53. The summed E-state index contributed by atoms with van der Waals surface area (Å²) >= 11 is 0. The minimum Gasteiger partial charge on any atom is -0.454 e. The summed E-state index contributed by atoms with van der Waals surface area (Å²) < 4.78 is 50.7. The molecule has 1 aromatic carbocycles. The number of rotatable bonds is 3. The first kappa shape index (κ1) is 13.5. The minimum absolute atomic E-state index is 0.0441. The third-order valence-electron chi connectivity index (χ3n) is 3.17. The lowest BCUT2D eigenvalue weighted by atomic mass is 10.2.